The second-order valence-electron chi connectivity index (χ2n) is 9.16. The highest BCUT2D eigenvalue weighted by Crippen LogP contribution is 2.46. The number of carboxylic acids is 1. The molecular weight excluding hydrogens is 429 g/mol. The number of aliphatic carboxylic acids is 1. The quantitative estimate of drug-likeness (QED) is 0.582. The van der Waals surface area contributed by atoms with E-state index in [1.807, 2.05) is 18.2 Å². The highest BCUT2D eigenvalue weighted by molar-refractivity contribution is 5.85. The van der Waals surface area contributed by atoms with Gasteiger partial charge in [0.1, 0.15) is 11.6 Å². The van der Waals surface area contributed by atoms with Gasteiger partial charge < -0.3 is 14.7 Å². The molecule has 1 N–H and O–H groups in total. The van der Waals surface area contributed by atoms with Crippen LogP contribution in [-0.4, -0.2) is 42.2 Å². The fourth-order valence-electron chi connectivity index (χ4n) is 5.03. The minimum Gasteiger partial charge on any atom is -0.492 e. The van der Waals surface area contributed by atoms with E-state index in [0.29, 0.717) is 24.6 Å². The van der Waals surface area contributed by atoms with Crippen LogP contribution in [0.25, 0.3) is 12.2 Å². The van der Waals surface area contributed by atoms with Crippen molar-refractivity contribution >= 4 is 30.5 Å². The Bertz CT molecular complexity index is 1030. The SMILES string of the molecule is Cl.O=C(O)CCN1CCC2(CC1)COc1cc(/C=C/c3c(F)cccc3C3CC3)ccc12. The minimum atomic E-state index is -0.741. The number of benzene rings is 2. The van der Waals surface area contributed by atoms with Crippen molar-refractivity contribution in [2.45, 2.75) is 43.4 Å². The lowest BCUT2D eigenvalue weighted by Gasteiger charge is -2.38. The molecule has 0 amide bonds. The third kappa shape index (κ3) is 4.55. The molecule has 2 heterocycles. The van der Waals surface area contributed by atoms with Gasteiger partial charge in [-0.05, 0) is 68.0 Å². The van der Waals surface area contributed by atoms with Gasteiger partial charge in [0.2, 0.25) is 0 Å². The van der Waals surface area contributed by atoms with Gasteiger partial charge in [0.05, 0.1) is 13.0 Å². The summed E-state index contributed by atoms with van der Waals surface area (Å²) in [5.41, 5.74) is 4.12. The Morgan fingerprint density at radius 1 is 1.19 bits per heavy atom. The summed E-state index contributed by atoms with van der Waals surface area (Å²) in [5, 5.41) is 8.91. The zero-order valence-electron chi connectivity index (χ0n) is 18.1. The van der Waals surface area contributed by atoms with Gasteiger partial charge in [-0.1, -0.05) is 36.4 Å². The number of hydrogen-bond donors (Lipinski definition) is 1. The molecule has 1 saturated carbocycles. The van der Waals surface area contributed by atoms with Crippen LogP contribution in [0.4, 0.5) is 4.39 Å². The van der Waals surface area contributed by atoms with Crippen LogP contribution in [0.1, 0.15) is 60.3 Å². The molecule has 0 unspecified atom stereocenters. The maximum atomic E-state index is 14.4. The molecule has 2 aliphatic heterocycles. The summed E-state index contributed by atoms with van der Waals surface area (Å²) in [4.78, 5) is 13.1. The standard InChI is InChI=1S/C26H28FNO3.ClH/c27-23-3-1-2-20(19-6-7-19)21(23)8-4-18-5-9-22-24(16-18)31-17-26(22)11-14-28(15-12-26)13-10-25(29)30;/h1-5,8-9,16,19H,6-7,10-15,17H2,(H,29,30);1H/b8-4+;. The Morgan fingerprint density at radius 2 is 1.97 bits per heavy atom. The summed E-state index contributed by atoms with van der Waals surface area (Å²) in [7, 11) is 0. The Kier molecular flexibility index (Phi) is 6.59. The topological polar surface area (TPSA) is 49.8 Å². The van der Waals surface area contributed by atoms with Crippen LogP contribution in [0.2, 0.25) is 0 Å². The Balaban J connectivity index is 0.00000245. The van der Waals surface area contributed by atoms with E-state index < -0.39 is 5.97 Å². The fraction of sp³-hybridized carbons (Fsp3) is 0.423. The summed E-state index contributed by atoms with van der Waals surface area (Å²) in [6.07, 6.45) is 8.33. The van der Waals surface area contributed by atoms with Crippen molar-refractivity contribution < 1.29 is 19.0 Å². The van der Waals surface area contributed by atoms with E-state index in [1.165, 1.54) is 11.6 Å². The van der Waals surface area contributed by atoms with Crippen molar-refractivity contribution in [1.82, 2.24) is 4.90 Å². The predicted molar refractivity (Wildman–Crippen MR) is 126 cm³/mol. The van der Waals surface area contributed by atoms with Crippen LogP contribution < -0.4 is 4.74 Å². The highest BCUT2D eigenvalue weighted by Gasteiger charge is 2.42. The van der Waals surface area contributed by atoms with Gasteiger partial charge in [-0.3, -0.25) is 4.79 Å². The first-order chi connectivity index (χ1) is 15.0. The summed E-state index contributed by atoms with van der Waals surface area (Å²) >= 11 is 0. The zero-order chi connectivity index (χ0) is 21.4. The largest absolute Gasteiger partial charge is 0.492 e. The third-order valence-electron chi connectivity index (χ3n) is 7.08. The van der Waals surface area contributed by atoms with Gasteiger partial charge in [-0.2, -0.15) is 0 Å². The van der Waals surface area contributed by atoms with E-state index in [2.05, 4.69) is 23.1 Å². The molecule has 0 aromatic heterocycles. The summed E-state index contributed by atoms with van der Waals surface area (Å²) in [5.74, 6) is 0.527. The Hall–Kier alpha value is -2.37. The van der Waals surface area contributed by atoms with E-state index >= 15 is 0 Å². The first kappa shape index (κ1) is 22.8. The van der Waals surface area contributed by atoms with Crippen LogP contribution in [0.5, 0.6) is 5.75 Å². The van der Waals surface area contributed by atoms with Gasteiger partial charge in [-0.25, -0.2) is 4.39 Å². The normalized spacial score (nSPS) is 19.5. The summed E-state index contributed by atoms with van der Waals surface area (Å²) in [6, 6.07) is 11.7. The number of hydrogen-bond acceptors (Lipinski definition) is 3. The van der Waals surface area contributed by atoms with E-state index in [9.17, 15) is 9.18 Å². The molecule has 1 saturated heterocycles. The number of fused-ring (bicyclic) bond motifs is 2. The molecule has 0 bridgehead atoms. The van der Waals surface area contributed by atoms with Crippen molar-refractivity contribution in [3.05, 3.63) is 64.5 Å². The molecular formula is C26H29ClFNO3. The summed E-state index contributed by atoms with van der Waals surface area (Å²) < 4.78 is 20.5. The van der Waals surface area contributed by atoms with Crippen molar-refractivity contribution in [2.75, 3.05) is 26.2 Å². The number of halogens is 2. The van der Waals surface area contributed by atoms with E-state index in [-0.39, 0.29) is 30.1 Å². The van der Waals surface area contributed by atoms with Crippen LogP contribution >= 0.6 is 12.4 Å². The lowest BCUT2D eigenvalue weighted by Crippen LogP contribution is -2.44. The fourth-order valence-corrected chi connectivity index (χ4v) is 5.03. The lowest BCUT2D eigenvalue weighted by molar-refractivity contribution is -0.137. The highest BCUT2D eigenvalue weighted by atomic mass is 35.5. The van der Waals surface area contributed by atoms with Gasteiger partial charge >= 0.3 is 5.97 Å². The second kappa shape index (κ2) is 9.24. The maximum absolute atomic E-state index is 14.4. The Morgan fingerprint density at radius 3 is 2.69 bits per heavy atom. The predicted octanol–water partition coefficient (Wildman–Crippen LogP) is 5.50. The maximum Gasteiger partial charge on any atom is 0.304 e. The molecule has 32 heavy (non-hydrogen) atoms. The molecule has 1 spiro atoms. The van der Waals surface area contributed by atoms with Gasteiger partial charge in [0, 0.05) is 23.1 Å². The average molecular weight is 458 g/mol. The number of carboxylic acid groups (broad SMARTS) is 1. The molecule has 5 rings (SSSR count). The third-order valence-corrected chi connectivity index (χ3v) is 7.08. The minimum absolute atomic E-state index is 0. The average Bonchev–Trinajstić information content (AvgIpc) is 3.56. The first-order valence-corrected chi connectivity index (χ1v) is 11.2. The van der Waals surface area contributed by atoms with Crippen LogP contribution in [0.15, 0.2) is 36.4 Å². The van der Waals surface area contributed by atoms with Crippen LogP contribution in [-0.2, 0) is 10.2 Å². The molecule has 1 aliphatic carbocycles. The molecule has 170 valence electrons. The molecule has 3 aliphatic rings. The lowest BCUT2D eigenvalue weighted by atomic mass is 9.74. The van der Waals surface area contributed by atoms with Crippen LogP contribution in [0, 0.1) is 5.82 Å². The van der Waals surface area contributed by atoms with Crippen molar-refractivity contribution in [3.8, 4) is 5.75 Å². The van der Waals surface area contributed by atoms with Crippen LogP contribution in [0.3, 0.4) is 0 Å². The van der Waals surface area contributed by atoms with Crippen molar-refractivity contribution in [3.63, 3.8) is 0 Å². The number of rotatable bonds is 6. The number of likely N-dealkylation sites (tertiary alicyclic amines) is 1. The number of carbonyl (C=O) groups is 1. The molecule has 6 heteroatoms. The number of ether oxygens (including phenoxy) is 1. The second-order valence-corrected chi connectivity index (χ2v) is 9.16. The molecule has 2 fully saturated rings. The van der Waals surface area contributed by atoms with E-state index in [4.69, 9.17) is 9.84 Å². The summed E-state index contributed by atoms with van der Waals surface area (Å²) in [6.45, 7) is 3.09. The molecule has 0 radical (unpaired) electrons. The van der Waals surface area contributed by atoms with E-state index in [1.54, 1.807) is 6.07 Å². The number of piperidine rings is 1. The molecule has 2 aromatic carbocycles. The molecule has 2 aromatic rings. The van der Waals surface area contributed by atoms with Crippen molar-refractivity contribution in [2.24, 2.45) is 0 Å². The van der Waals surface area contributed by atoms with E-state index in [0.717, 1.165) is 55.6 Å². The van der Waals surface area contributed by atoms with Gasteiger partial charge in [-0.15, -0.1) is 12.4 Å². The Labute approximate surface area is 194 Å². The van der Waals surface area contributed by atoms with Gasteiger partial charge in [0.25, 0.3) is 0 Å². The smallest absolute Gasteiger partial charge is 0.304 e. The molecule has 4 nitrogen and oxygen atoms in total. The van der Waals surface area contributed by atoms with Crippen molar-refractivity contribution in [1.29, 1.82) is 0 Å². The first-order valence-electron chi connectivity index (χ1n) is 11.2. The number of nitrogens with zero attached hydrogens (tertiary/aromatic N) is 1. The van der Waals surface area contributed by atoms with Gasteiger partial charge in [0.15, 0.2) is 0 Å². The molecule has 0 atom stereocenters. The zero-order valence-corrected chi connectivity index (χ0v) is 18.9. The monoisotopic (exact) mass is 457 g/mol.